The van der Waals surface area contributed by atoms with Gasteiger partial charge in [-0.3, -0.25) is 9.59 Å². The number of amides is 2. The van der Waals surface area contributed by atoms with Crippen LogP contribution in [0, 0.1) is 5.92 Å². The van der Waals surface area contributed by atoms with Crippen molar-refractivity contribution in [3.8, 4) is 0 Å². The molecule has 0 unspecified atom stereocenters. The van der Waals surface area contributed by atoms with Gasteiger partial charge in [-0.15, -0.1) is 0 Å². The molecule has 2 rings (SSSR count). The highest BCUT2D eigenvalue weighted by Crippen LogP contribution is 2.13. The highest BCUT2D eigenvalue weighted by Gasteiger charge is 2.23. The lowest BCUT2D eigenvalue weighted by Gasteiger charge is -2.17. The van der Waals surface area contributed by atoms with E-state index >= 15 is 0 Å². The van der Waals surface area contributed by atoms with Crippen LogP contribution in [0.4, 0.5) is 0 Å². The number of benzene rings is 1. The van der Waals surface area contributed by atoms with Crippen molar-refractivity contribution in [3.05, 3.63) is 63.8 Å². The van der Waals surface area contributed by atoms with E-state index in [0.29, 0.717) is 23.6 Å². The first-order valence-corrected chi connectivity index (χ1v) is 8.08. The van der Waals surface area contributed by atoms with E-state index in [0.717, 1.165) is 0 Å². The molecule has 0 aliphatic heterocycles. The third-order valence-corrected chi connectivity index (χ3v) is 3.58. The Hall–Kier alpha value is -2.96. The van der Waals surface area contributed by atoms with Crippen molar-refractivity contribution in [2.75, 3.05) is 7.05 Å². The molecule has 25 heavy (non-hydrogen) atoms. The Morgan fingerprint density at radius 2 is 1.88 bits per heavy atom. The van der Waals surface area contributed by atoms with Gasteiger partial charge in [-0.1, -0.05) is 44.2 Å². The second kappa shape index (κ2) is 8.23. The first-order chi connectivity index (χ1) is 11.9. The molecule has 0 spiro atoms. The molecule has 2 amide bonds. The van der Waals surface area contributed by atoms with E-state index in [2.05, 4.69) is 20.6 Å². The maximum atomic E-state index is 12.5. The Balaban J connectivity index is 2.28. The quantitative estimate of drug-likeness (QED) is 0.733. The summed E-state index contributed by atoms with van der Waals surface area (Å²) in [5.41, 5.74) is 0.683. The molecule has 2 aromatic rings. The second-order valence-corrected chi connectivity index (χ2v) is 6.13. The zero-order valence-corrected chi connectivity index (χ0v) is 14.5. The van der Waals surface area contributed by atoms with Gasteiger partial charge in [0, 0.05) is 12.7 Å². The van der Waals surface area contributed by atoms with Crippen LogP contribution >= 0.6 is 0 Å². The van der Waals surface area contributed by atoms with Gasteiger partial charge in [0.05, 0.1) is 0 Å². The summed E-state index contributed by atoms with van der Waals surface area (Å²) in [5, 5.41) is 5.17. The normalized spacial score (nSPS) is 11.8. The third-order valence-electron chi connectivity index (χ3n) is 3.58. The van der Waals surface area contributed by atoms with E-state index < -0.39 is 17.6 Å². The number of aromatic amines is 1. The minimum atomic E-state index is -0.867. The Morgan fingerprint density at radius 1 is 1.20 bits per heavy atom. The van der Waals surface area contributed by atoms with E-state index in [4.69, 9.17) is 0 Å². The summed E-state index contributed by atoms with van der Waals surface area (Å²) in [7, 11) is 1.50. The fraction of sp³-hybridized carbons (Fsp3) is 0.333. The summed E-state index contributed by atoms with van der Waals surface area (Å²) in [6.45, 7) is 4.02. The maximum Gasteiger partial charge on any atom is 0.345 e. The number of carbonyl (C=O) groups excluding carboxylic acids is 2. The third kappa shape index (κ3) is 5.00. The monoisotopic (exact) mass is 342 g/mol. The molecule has 0 saturated carbocycles. The molecular weight excluding hydrogens is 320 g/mol. The number of hydrogen-bond donors (Lipinski definition) is 3. The van der Waals surface area contributed by atoms with Crippen molar-refractivity contribution in [3.63, 3.8) is 0 Å². The Bertz CT molecular complexity index is 799. The van der Waals surface area contributed by atoms with E-state index in [1.165, 1.54) is 7.05 Å². The van der Waals surface area contributed by atoms with Crippen molar-refractivity contribution >= 4 is 11.8 Å². The van der Waals surface area contributed by atoms with Gasteiger partial charge in [-0.2, -0.15) is 4.98 Å². The van der Waals surface area contributed by atoms with E-state index in [-0.39, 0.29) is 11.6 Å². The Labute approximate surface area is 145 Å². The maximum absolute atomic E-state index is 12.5. The van der Waals surface area contributed by atoms with E-state index in [1.54, 1.807) is 30.3 Å². The molecule has 132 valence electrons. The average molecular weight is 342 g/mol. The van der Waals surface area contributed by atoms with Crippen LogP contribution in [0.15, 0.2) is 41.2 Å². The molecule has 0 bridgehead atoms. The standard InChI is InChI=1S/C18H22N4O3/c1-11(2)9-13-10-14(21-18(25)20-13)16(23)22-15(17(24)19-3)12-7-5-4-6-8-12/h4-8,10-11,15H,9H2,1-3H3,(H,19,24)(H,22,23)(H,20,21,25)/t15-/m1/s1. The SMILES string of the molecule is CNC(=O)[C@H](NC(=O)c1cc(CC(C)C)[nH]c(=O)n1)c1ccccc1. The van der Waals surface area contributed by atoms with Crippen LogP contribution in [0.5, 0.6) is 0 Å². The molecule has 1 heterocycles. The summed E-state index contributed by atoms with van der Waals surface area (Å²) in [6.07, 6.45) is 0.621. The van der Waals surface area contributed by atoms with Crippen LogP contribution in [0.25, 0.3) is 0 Å². The number of likely N-dealkylation sites (N-methyl/N-ethyl adjacent to an activating group) is 1. The van der Waals surface area contributed by atoms with Crippen molar-refractivity contribution < 1.29 is 9.59 Å². The molecule has 1 aromatic heterocycles. The second-order valence-electron chi connectivity index (χ2n) is 6.13. The van der Waals surface area contributed by atoms with Crippen LogP contribution in [0.3, 0.4) is 0 Å². The Morgan fingerprint density at radius 3 is 2.48 bits per heavy atom. The number of carbonyl (C=O) groups is 2. The molecule has 0 radical (unpaired) electrons. The number of aromatic nitrogens is 2. The Kier molecular flexibility index (Phi) is 6.05. The zero-order valence-electron chi connectivity index (χ0n) is 14.5. The minimum absolute atomic E-state index is 0.00997. The van der Waals surface area contributed by atoms with Crippen LogP contribution in [-0.4, -0.2) is 28.8 Å². The molecule has 1 atom stereocenters. The summed E-state index contributed by atoms with van der Waals surface area (Å²) < 4.78 is 0. The molecule has 0 saturated heterocycles. The van der Waals surface area contributed by atoms with Gasteiger partial charge in [-0.05, 0) is 24.0 Å². The molecule has 0 aliphatic rings. The topological polar surface area (TPSA) is 104 Å². The first kappa shape index (κ1) is 18.4. The molecule has 1 aromatic carbocycles. The molecule has 7 nitrogen and oxygen atoms in total. The predicted octanol–water partition coefficient (Wildman–Crippen LogP) is 1.19. The van der Waals surface area contributed by atoms with E-state index in [1.807, 2.05) is 19.9 Å². The number of nitrogens with one attached hydrogen (secondary N) is 3. The lowest BCUT2D eigenvalue weighted by Crippen LogP contribution is -2.40. The number of rotatable bonds is 6. The largest absolute Gasteiger partial charge is 0.357 e. The fourth-order valence-electron chi connectivity index (χ4n) is 2.47. The van der Waals surface area contributed by atoms with Gasteiger partial charge in [0.25, 0.3) is 5.91 Å². The van der Waals surface area contributed by atoms with Crippen LogP contribution in [0.1, 0.15) is 41.6 Å². The van der Waals surface area contributed by atoms with Gasteiger partial charge in [-0.25, -0.2) is 4.79 Å². The predicted molar refractivity (Wildman–Crippen MR) is 94.1 cm³/mol. The van der Waals surface area contributed by atoms with Gasteiger partial charge < -0.3 is 15.6 Å². The van der Waals surface area contributed by atoms with Crippen LogP contribution < -0.4 is 16.3 Å². The molecular formula is C18H22N4O3. The summed E-state index contributed by atoms with van der Waals surface area (Å²) in [5.74, 6) is -0.614. The van der Waals surface area contributed by atoms with Crippen molar-refractivity contribution in [1.29, 1.82) is 0 Å². The lowest BCUT2D eigenvalue weighted by atomic mass is 10.1. The molecule has 3 N–H and O–H groups in total. The van der Waals surface area contributed by atoms with Gasteiger partial charge in [0.2, 0.25) is 5.91 Å². The van der Waals surface area contributed by atoms with Crippen molar-refractivity contribution in [2.45, 2.75) is 26.3 Å². The summed E-state index contributed by atoms with van der Waals surface area (Å²) in [4.78, 5) is 42.7. The summed E-state index contributed by atoms with van der Waals surface area (Å²) >= 11 is 0. The van der Waals surface area contributed by atoms with Gasteiger partial charge >= 0.3 is 5.69 Å². The lowest BCUT2D eigenvalue weighted by molar-refractivity contribution is -0.122. The highest BCUT2D eigenvalue weighted by atomic mass is 16.2. The molecule has 0 fully saturated rings. The fourth-order valence-corrected chi connectivity index (χ4v) is 2.47. The molecule has 0 aliphatic carbocycles. The average Bonchev–Trinajstić information content (AvgIpc) is 2.58. The number of H-pyrrole nitrogens is 1. The zero-order chi connectivity index (χ0) is 18.4. The highest BCUT2D eigenvalue weighted by molar-refractivity contribution is 5.96. The molecule has 7 heteroatoms. The van der Waals surface area contributed by atoms with Crippen molar-refractivity contribution in [1.82, 2.24) is 20.6 Å². The smallest absolute Gasteiger partial charge is 0.345 e. The van der Waals surface area contributed by atoms with Crippen LogP contribution in [-0.2, 0) is 11.2 Å². The van der Waals surface area contributed by atoms with Gasteiger partial charge in [0.15, 0.2) is 0 Å². The van der Waals surface area contributed by atoms with Gasteiger partial charge in [0.1, 0.15) is 11.7 Å². The van der Waals surface area contributed by atoms with Crippen LogP contribution in [0.2, 0.25) is 0 Å². The van der Waals surface area contributed by atoms with Crippen molar-refractivity contribution in [2.24, 2.45) is 5.92 Å². The minimum Gasteiger partial charge on any atom is -0.357 e. The van der Waals surface area contributed by atoms with E-state index in [9.17, 15) is 14.4 Å². The summed E-state index contributed by atoms with van der Waals surface area (Å²) in [6, 6.07) is 9.55. The number of hydrogen-bond acceptors (Lipinski definition) is 4. The first-order valence-electron chi connectivity index (χ1n) is 8.08. The number of nitrogens with zero attached hydrogens (tertiary/aromatic N) is 1.